The summed E-state index contributed by atoms with van der Waals surface area (Å²) in [4.78, 5) is 36.3. The maximum atomic E-state index is 12.6. The molecule has 8 nitrogen and oxygen atoms in total. The van der Waals surface area contributed by atoms with Gasteiger partial charge in [0.25, 0.3) is 5.91 Å². The Morgan fingerprint density at radius 3 is 2.45 bits per heavy atom. The van der Waals surface area contributed by atoms with Gasteiger partial charge in [0.05, 0.1) is 12.2 Å². The highest BCUT2D eigenvalue weighted by Crippen LogP contribution is 2.15. The van der Waals surface area contributed by atoms with Crippen molar-refractivity contribution in [2.75, 3.05) is 32.1 Å². The van der Waals surface area contributed by atoms with Crippen LogP contribution in [0.5, 0.6) is 0 Å². The number of carbonyl (C=O) groups excluding carboxylic acids is 2. The van der Waals surface area contributed by atoms with Crippen LogP contribution in [0.3, 0.4) is 0 Å². The number of rotatable bonds is 6. The Hall–Kier alpha value is -3.16. The van der Waals surface area contributed by atoms with Gasteiger partial charge in [0.15, 0.2) is 0 Å². The van der Waals surface area contributed by atoms with E-state index in [0.717, 1.165) is 18.4 Å². The normalized spacial score (nSPS) is 14.3. The van der Waals surface area contributed by atoms with E-state index in [-0.39, 0.29) is 18.0 Å². The number of hydrogen-bond acceptors (Lipinski definition) is 6. The number of amides is 2. The fourth-order valence-electron chi connectivity index (χ4n) is 3.27. The first-order valence-electron chi connectivity index (χ1n) is 9.86. The van der Waals surface area contributed by atoms with Crippen LogP contribution in [0, 0.1) is 0 Å². The number of anilines is 1. The number of carbonyl (C=O) groups is 2. The van der Waals surface area contributed by atoms with Crippen LogP contribution in [0.2, 0.25) is 0 Å². The van der Waals surface area contributed by atoms with Gasteiger partial charge in [-0.25, -0.2) is 14.8 Å². The van der Waals surface area contributed by atoms with Crippen LogP contribution in [0.15, 0.2) is 42.7 Å². The van der Waals surface area contributed by atoms with Gasteiger partial charge in [0, 0.05) is 45.1 Å². The van der Waals surface area contributed by atoms with E-state index < -0.39 is 0 Å². The molecule has 1 aliphatic heterocycles. The molecule has 8 heteroatoms. The van der Waals surface area contributed by atoms with E-state index in [0.29, 0.717) is 37.8 Å². The van der Waals surface area contributed by atoms with Crippen LogP contribution in [0.4, 0.5) is 10.7 Å². The van der Waals surface area contributed by atoms with Gasteiger partial charge in [0.2, 0.25) is 5.95 Å². The quantitative estimate of drug-likeness (QED) is 0.806. The Balaban J connectivity index is 1.50. The first kappa shape index (κ1) is 20.6. The number of nitrogens with one attached hydrogen (secondary N) is 1. The van der Waals surface area contributed by atoms with E-state index >= 15 is 0 Å². The largest absolute Gasteiger partial charge is 0.450 e. The SMILES string of the molecule is CCOC(=O)N1CCC(Nc2ncc(C(=O)N(C)Cc3ccccc3)cn2)CC1. The lowest BCUT2D eigenvalue weighted by Gasteiger charge is -2.31. The molecule has 1 aromatic carbocycles. The third-order valence-electron chi connectivity index (χ3n) is 4.86. The van der Waals surface area contributed by atoms with Crippen LogP contribution >= 0.6 is 0 Å². The number of nitrogens with zero attached hydrogens (tertiary/aromatic N) is 4. The van der Waals surface area contributed by atoms with Gasteiger partial charge in [-0.15, -0.1) is 0 Å². The van der Waals surface area contributed by atoms with Crippen molar-refractivity contribution in [3.05, 3.63) is 53.9 Å². The fourth-order valence-corrected chi connectivity index (χ4v) is 3.27. The molecule has 2 aromatic rings. The first-order chi connectivity index (χ1) is 14.1. The first-order valence-corrected chi connectivity index (χ1v) is 9.86. The summed E-state index contributed by atoms with van der Waals surface area (Å²) in [5.41, 5.74) is 1.52. The third-order valence-corrected chi connectivity index (χ3v) is 4.86. The van der Waals surface area contributed by atoms with Gasteiger partial charge in [-0.1, -0.05) is 30.3 Å². The predicted molar refractivity (Wildman–Crippen MR) is 110 cm³/mol. The van der Waals surface area contributed by atoms with Crippen LogP contribution in [-0.2, 0) is 11.3 Å². The highest BCUT2D eigenvalue weighted by molar-refractivity contribution is 5.93. The Morgan fingerprint density at radius 2 is 1.83 bits per heavy atom. The lowest BCUT2D eigenvalue weighted by atomic mass is 10.1. The van der Waals surface area contributed by atoms with Crippen molar-refractivity contribution in [3.8, 4) is 0 Å². The molecule has 2 amide bonds. The summed E-state index contributed by atoms with van der Waals surface area (Å²) < 4.78 is 5.03. The van der Waals surface area contributed by atoms with Crippen molar-refractivity contribution in [3.63, 3.8) is 0 Å². The number of aromatic nitrogens is 2. The van der Waals surface area contributed by atoms with E-state index in [4.69, 9.17) is 4.74 Å². The molecule has 2 heterocycles. The zero-order valence-electron chi connectivity index (χ0n) is 16.9. The summed E-state index contributed by atoms with van der Waals surface area (Å²) in [5, 5.41) is 3.28. The molecule has 0 unspecified atom stereocenters. The van der Waals surface area contributed by atoms with Crippen LogP contribution in [0.25, 0.3) is 0 Å². The molecule has 0 saturated carbocycles. The molecule has 0 aliphatic carbocycles. The highest BCUT2D eigenvalue weighted by Gasteiger charge is 2.24. The van der Waals surface area contributed by atoms with Crippen molar-refractivity contribution < 1.29 is 14.3 Å². The van der Waals surface area contributed by atoms with E-state index in [2.05, 4.69) is 15.3 Å². The second-order valence-corrected chi connectivity index (χ2v) is 7.05. The predicted octanol–water partition coefficient (Wildman–Crippen LogP) is 2.78. The average Bonchev–Trinajstić information content (AvgIpc) is 2.75. The van der Waals surface area contributed by atoms with Crippen LogP contribution in [0.1, 0.15) is 35.7 Å². The second-order valence-electron chi connectivity index (χ2n) is 7.05. The van der Waals surface area contributed by atoms with E-state index in [1.165, 1.54) is 0 Å². The van der Waals surface area contributed by atoms with Crippen molar-refractivity contribution in [1.82, 2.24) is 19.8 Å². The minimum Gasteiger partial charge on any atom is -0.450 e. The maximum Gasteiger partial charge on any atom is 0.409 e. The summed E-state index contributed by atoms with van der Waals surface area (Å²) >= 11 is 0. The molecule has 1 saturated heterocycles. The van der Waals surface area contributed by atoms with Gasteiger partial charge in [-0.2, -0.15) is 0 Å². The molecule has 0 atom stereocenters. The fraction of sp³-hybridized carbons (Fsp3) is 0.429. The van der Waals surface area contributed by atoms with Gasteiger partial charge >= 0.3 is 6.09 Å². The van der Waals surface area contributed by atoms with E-state index in [1.54, 1.807) is 36.2 Å². The van der Waals surface area contributed by atoms with Crippen LogP contribution < -0.4 is 5.32 Å². The summed E-state index contributed by atoms with van der Waals surface area (Å²) in [5.74, 6) is 0.366. The topological polar surface area (TPSA) is 87.7 Å². The molecule has 1 aliphatic rings. The summed E-state index contributed by atoms with van der Waals surface area (Å²) in [7, 11) is 1.76. The smallest absolute Gasteiger partial charge is 0.409 e. The van der Waals surface area contributed by atoms with Crippen molar-refractivity contribution >= 4 is 17.9 Å². The lowest BCUT2D eigenvalue weighted by molar-refractivity contribution is 0.0784. The Kier molecular flexibility index (Phi) is 6.99. The van der Waals surface area contributed by atoms with Crippen LogP contribution in [-0.4, -0.2) is 64.6 Å². The van der Waals surface area contributed by atoms with Gasteiger partial charge < -0.3 is 19.9 Å². The molecule has 0 radical (unpaired) electrons. The molecule has 154 valence electrons. The van der Waals surface area contributed by atoms with Gasteiger partial charge in [-0.05, 0) is 25.3 Å². The monoisotopic (exact) mass is 397 g/mol. The molecule has 0 spiro atoms. The maximum absolute atomic E-state index is 12.6. The Bertz CT molecular complexity index is 805. The minimum absolute atomic E-state index is 0.122. The standard InChI is InChI=1S/C21H27N5O3/c1-3-29-21(28)26-11-9-18(10-12-26)24-20-22-13-17(14-23-20)19(27)25(2)15-16-7-5-4-6-8-16/h4-8,13-14,18H,3,9-12,15H2,1-2H3,(H,22,23,24). The summed E-state index contributed by atoms with van der Waals surface area (Å²) in [6.45, 7) is 3.99. The molecule has 1 fully saturated rings. The second kappa shape index (κ2) is 9.86. The molecule has 0 bridgehead atoms. The molecule has 3 rings (SSSR count). The van der Waals surface area contributed by atoms with E-state index in [1.807, 2.05) is 30.3 Å². The minimum atomic E-state index is -0.260. The molecule has 1 N–H and O–H groups in total. The van der Waals surface area contributed by atoms with Crippen molar-refractivity contribution in [2.45, 2.75) is 32.4 Å². The number of hydrogen-bond donors (Lipinski definition) is 1. The van der Waals surface area contributed by atoms with E-state index in [9.17, 15) is 9.59 Å². The molecule has 1 aromatic heterocycles. The Morgan fingerprint density at radius 1 is 1.17 bits per heavy atom. The summed E-state index contributed by atoms with van der Waals surface area (Å²) in [6, 6.07) is 10.0. The van der Waals surface area contributed by atoms with Crippen molar-refractivity contribution in [1.29, 1.82) is 0 Å². The number of likely N-dealkylation sites (tertiary alicyclic amines) is 1. The number of ether oxygens (including phenoxy) is 1. The third kappa shape index (κ3) is 5.66. The number of piperidine rings is 1. The van der Waals surface area contributed by atoms with Crippen molar-refractivity contribution in [2.24, 2.45) is 0 Å². The van der Waals surface area contributed by atoms with Gasteiger partial charge in [0.1, 0.15) is 0 Å². The molecular weight excluding hydrogens is 370 g/mol. The summed E-state index contributed by atoms with van der Waals surface area (Å²) in [6.07, 6.45) is 4.43. The molecular formula is C21H27N5O3. The Labute approximate surface area is 170 Å². The average molecular weight is 397 g/mol. The highest BCUT2D eigenvalue weighted by atomic mass is 16.6. The zero-order chi connectivity index (χ0) is 20.6. The zero-order valence-corrected chi connectivity index (χ0v) is 16.9. The lowest BCUT2D eigenvalue weighted by Crippen LogP contribution is -2.42. The molecule has 29 heavy (non-hydrogen) atoms. The number of benzene rings is 1. The van der Waals surface area contributed by atoms with Gasteiger partial charge in [-0.3, -0.25) is 4.79 Å².